The Balaban J connectivity index is 1.56. The minimum atomic E-state index is 0.933. The number of aryl methyl sites for hydroxylation is 1. The number of nitrogens with zero attached hydrogens (tertiary/aromatic N) is 2. The van der Waals surface area contributed by atoms with Gasteiger partial charge in [0.15, 0.2) is 0 Å². The summed E-state index contributed by atoms with van der Waals surface area (Å²) < 4.78 is 0. The summed E-state index contributed by atoms with van der Waals surface area (Å²) in [4.78, 5) is 8.08. The van der Waals surface area contributed by atoms with E-state index in [2.05, 4.69) is 29.2 Å². The van der Waals surface area contributed by atoms with E-state index in [0.717, 1.165) is 25.6 Å². The van der Waals surface area contributed by atoms with Crippen molar-refractivity contribution in [1.82, 2.24) is 15.2 Å². The third kappa shape index (κ3) is 5.21. The van der Waals surface area contributed by atoms with Crippen LogP contribution in [0.5, 0.6) is 0 Å². The Morgan fingerprint density at radius 1 is 1.37 bits per heavy atom. The third-order valence-corrected chi connectivity index (χ3v) is 5.01. The molecular formula is C15H27N3S. The lowest BCUT2D eigenvalue weighted by Crippen LogP contribution is -2.32. The summed E-state index contributed by atoms with van der Waals surface area (Å²) in [6.45, 7) is 6.56. The van der Waals surface area contributed by atoms with E-state index in [1.807, 2.05) is 5.51 Å². The minimum Gasteiger partial charge on any atom is -0.315 e. The number of hydrogen-bond donors (Lipinski definition) is 1. The van der Waals surface area contributed by atoms with Crippen molar-refractivity contribution < 1.29 is 0 Å². The molecule has 2 rings (SSSR count). The van der Waals surface area contributed by atoms with E-state index < -0.39 is 0 Å². The molecule has 0 radical (unpaired) electrons. The Labute approximate surface area is 121 Å². The number of hydrogen-bond acceptors (Lipinski definition) is 4. The largest absolute Gasteiger partial charge is 0.315 e. The smallest absolute Gasteiger partial charge is 0.0798 e. The molecule has 1 heterocycles. The highest BCUT2D eigenvalue weighted by Crippen LogP contribution is 2.22. The van der Waals surface area contributed by atoms with E-state index in [1.165, 1.54) is 49.2 Å². The fraction of sp³-hybridized carbons (Fsp3) is 0.800. The fourth-order valence-corrected chi connectivity index (χ4v) is 3.63. The van der Waals surface area contributed by atoms with Crippen LogP contribution in [0, 0.1) is 12.8 Å². The zero-order valence-corrected chi connectivity index (χ0v) is 13.1. The van der Waals surface area contributed by atoms with Crippen LogP contribution in [-0.4, -0.2) is 36.6 Å². The van der Waals surface area contributed by atoms with Gasteiger partial charge < -0.3 is 5.32 Å². The SMILES string of the molecule is Cc1ncsc1CN(C)CCNCC1CCCCC1. The highest BCUT2D eigenvalue weighted by atomic mass is 32.1. The van der Waals surface area contributed by atoms with Gasteiger partial charge in [-0.3, -0.25) is 4.90 Å². The molecule has 0 bridgehead atoms. The van der Waals surface area contributed by atoms with Crippen molar-refractivity contribution in [2.45, 2.75) is 45.6 Å². The monoisotopic (exact) mass is 281 g/mol. The van der Waals surface area contributed by atoms with E-state index in [9.17, 15) is 0 Å². The molecule has 0 saturated heterocycles. The number of thiazole rings is 1. The molecule has 0 aliphatic heterocycles. The Morgan fingerprint density at radius 2 is 2.16 bits per heavy atom. The number of rotatable bonds is 7. The number of nitrogens with one attached hydrogen (secondary N) is 1. The van der Waals surface area contributed by atoms with Crippen LogP contribution in [-0.2, 0) is 6.54 Å². The van der Waals surface area contributed by atoms with Gasteiger partial charge in [-0.05, 0) is 39.3 Å². The molecule has 0 aromatic carbocycles. The van der Waals surface area contributed by atoms with Crippen LogP contribution in [0.2, 0.25) is 0 Å². The molecule has 4 heteroatoms. The first kappa shape index (κ1) is 14.9. The number of likely N-dealkylation sites (N-methyl/N-ethyl adjacent to an activating group) is 1. The summed E-state index contributed by atoms with van der Waals surface area (Å²) in [6.07, 6.45) is 7.20. The minimum absolute atomic E-state index is 0.933. The van der Waals surface area contributed by atoms with Crippen molar-refractivity contribution >= 4 is 11.3 Å². The molecule has 0 unspecified atom stereocenters. The molecule has 1 aliphatic carbocycles. The molecule has 0 spiro atoms. The molecule has 1 N–H and O–H groups in total. The van der Waals surface area contributed by atoms with Gasteiger partial charge in [0.2, 0.25) is 0 Å². The molecule has 1 aliphatic rings. The summed E-state index contributed by atoms with van der Waals surface area (Å²) in [6, 6.07) is 0. The molecule has 1 aromatic rings. The van der Waals surface area contributed by atoms with Crippen molar-refractivity contribution in [2.75, 3.05) is 26.7 Å². The molecule has 0 atom stereocenters. The summed E-state index contributed by atoms with van der Waals surface area (Å²) in [5.74, 6) is 0.933. The molecular weight excluding hydrogens is 254 g/mol. The van der Waals surface area contributed by atoms with Gasteiger partial charge in [0.1, 0.15) is 0 Å². The van der Waals surface area contributed by atoms with Gasteiger partial charge in [0, 0.05) is 24.5 Å². The predicted molar refractivity (Wildman–Crippen MR) is 82.6 cm³/mol. The highest BCUT2D eigenvalue weighted by molar-refractivity contribution is 7.09. The molecule has 0 amide bonds. The molecule has 19 heavy (non-hydrogen) atoms. The lowest BCUT2D eigenvalue weighted by atomic mass is 9.89. The molecule has 108 valence electrons. The van der Waals surface area contributed by atoms with Crippen LogP contribution in [0.15, 0.2) is 5.51 Å². The summed E-state index contributed by atoms with van der Waals surface area (Å²) >= 11 is 1.77. The predicted octanol–water partition coefficient (Wildman–Crippen LogP) is 3.05. The van der Waals surface area contributed by atoms with Gasteiger partial charge in [0.25, 0.3) is 0 Å². The van der Waals surface area contributed by atoms with E-state index in [1.54, 1.807) is 11.3 Å². The highest BCUT2D eigenvalue weighted by Gasteiger charge is 2.12. The van der Waals surface area contributed by atoms with Gasteiger partial charge in [-0.15, -0.1) is 11.3 Å². The fourth-order valence-electron chi connectivity index (χ4n) is 2.77. The van der Waals surface area contributed by atoms with Crippen molar-refractivity contribution in [3.8, 4) is 0 Å². The van der Waals surface area contributed by atoms with Crippen LogP contribution in [0.1, 0.15) is 42.7 Å². The average molecular weight is 281 g/mol. The average Bonchev–Trinajstić information content (AvgIpc) is 2.82. The number of aromatic nitrogens is 1. The van der Waals surface area contributed by atoms with Crippen LogP contribution < -0.4 is 5.32 Å². The van der Waals surface area contributed by atoms with E-state index in [-0.39, 0.29) is 0 Å². The van der Waals surface area contributed by atoms with Gasteiger partial charge in [0.05, 0.1) is 11.2 Å². The first-order valence-corrected chi connectivity index (χ1v) is 8.42. The van der Waals surface area contributed by atoms with Crippen molar-refractivity contribution in [1.29, 1.82) is 0 Å². The van der Waals surface area contributed by atoms with Crippen molar-refractivity contribution in [2.24, 2.45) is 5.92 Å². The lowest BCUT2D eigenvalue weighted by molar-refractivity contribution is 0.305. The first-order chi connectivity index (χ1) is 9.25. The first-order valence-electron chi connectivity index (χ1n) is 7.54. The summed E-state index contributed by atoms with van der Waals surface area (Å²) in [5, 5.41) is 3.63. The van der Waals surface area contributed by atoms with Crippen LogP contribution in [0.25, 0.3) is 0 Å². The zero-order chi connectivity index (χ0) is 13.5. The van der Waals surface area contributed by atoms with Crippen molar-refractivity contribution in [3.63, 3.8) is 0 Å². The molecule has 3 nitrogen and oxygen atoms in total. The molecule has 1 saturated carbocycles. The Kier molecular flexibility index (Phi) is 6.28. The maximum absolute atomic E-state index is 4.30. The second kappa shape index (κ2) is 7.98. The van der Waals surface area contributed by atoms with Gasteiger partial charge >= 0.3 is 0 Å². The van der Waals surface area contributed by atoms with E-state index >= 15 is 0 Å². The van der Waals surface area contributed by atoms with Crippen LogP contribution >= 0.6 is 11.3 Å². The van der Waals surface area contributed by atoms with Gasteiger partial charge in [-0.25, -0.2) is 4.98 Å². The summed E-state index contributed by atoms with van der Waals surface area (Å²) in [7, 11) is 2.20. The van der Waals surface area contributed by atoms with Crippen LogP contribution in [0.3, 0.4) is 0 Å². The third-order valence-electron chi connectivity index (χ3n) is 4.09. The quantitative estimate of drug-likeness (QED) is 0.779. The zero-order valence-electron chi connectivity index (χ0n) is 12.3. The molecule has 1 aromatic heterocycles. The maximum atomic E-state index is 4.30. The second-order valence-corrected chi connectivity index (χ2v) is 6.75. The normalized spacial score (nSPS) is 17.2. The Hall–Kier alpha value is -0.450. The second-order valence-electron chi connectivity index (χ2n) is 5.81. The van der Waals surface area contributed by atoms with Gasteiger partial charge in [-0.1, -0.05) is 19.3 Å². The topological polar surface area (TPSA) is 28.2 Å². The van der Waals surface area contributed by atoms with E-state index in [4.69, 9.17) is 0 Å². The summed E-state index contributed by atoms with van der Waals surface area (Å²) in [5.41, 5.74) is 3.13. The standard InChI is InChI=1S/C15H27N3S/c1-13-15(19-12-17-13)11-18(2)9-8-16-10-14-6-4-3-5-7-14/h12,14,16H,3-11H2,1-2H3. The van der Waals surface area contributed by atoms with E-state index in [0.29, 0.717) is 0 Å². The van der Waals surface area contributed by atoms with Crippen LogP contribution in [0.4, 0.5) is 0 Å². The maximum Gasteiger partial charge on any atom is 0.0798 e. The van der Waals surface area contributed by atoms with Gasteiger partial charge in [-0.2, -0.15) is 0 Å². The Bertz CT molecular complexity index is 358. The lowest BCUT2D eigenvalue weighted by Gasteiger charge is -2.22. The van der Waals surface area contributed by atoms with Crippen molar-refractivity contribution in [3.05, 3.63) is 16.1 Å². The molecule has 1 fully saturated rings. The Morgan fingerprint density at radius 3 is 2.84 bits per heavy atom.